The van der Waals surface area contributed by atoms with Gasteiger partial charge >= 0.3 is 5.97 Å². The summed E-state index contributed by atoms with van der Waals surface area (Å²) < 4.78 is 10.4. The van der Waals surface area contributed by atoms with Crippen LogP contribution in [0.2, 0.25) is 0 Å². The molecule has 0 fully saturated rings. The molecule has 1 aromatic carbocycles. The van der Waals surface area contributed by atoms with Gasteiger partial charge in [-0.15, -0.1) is 0 Å². The lowest BCUT2D eigenvalue weighted by atomic mass is 9.91. The summed E-state index contributed by atoms with van der Waals surface area (Å²) in [5.74, 6) is 0.988. The van der Waals surface area contributed by atoms with Crippen molar-refractivity contribution in [3.8, 4) is 5.75 Å². The van der Waals surface area contributed by atoms with Crippen LogP contribution in [0.3, 0.4) is 0 Å². The molecule has 0 N–H and O–H groups in total. The summed E-state index contributed by atoms with van der Waals surface area (Å²) in [6.45, 7) is 4.76. The molecule has 1 unspecified atom stereocenters. The van der Waals surface area contributed by atoms with Gasteiger partial charge < -0.3 is 9.47 Å². The van der Waals surface area contributed by atoms with Crippen LogP contribution in [0.25, 0.3) is 0 Å². The van der Waals surface area contributed by atoms with Gasteiger partial charge in [0, 0.05) is 0 Å². The highest BCUT2D eigenvalue weighted by Crippen LogP contribution is 2.27. The highest BCUT2D eigenvalue weighted by Gasteiger charge is 2.16. The first-order valence-corrected chi connectivity index (χ1v) is 7.50. The van der Waals surface area contributed by atoms with Crippen LogP contribution in [0.5, 0.6) is 5.75 Å². The number of carbonyl (C=O) groups is 1. The maximum atomic E-state index is 11.9. The van der Waals surface area contributed by atoms with Gasteiger partial charge in [-0.2, -0.15) is 0 Å². The first-order chi connectivity index (χ1) is 9.71. The zero-order valence-electron chi connectivity index (χ0n) is 12.9. The van der Waals surface area contributed by atoms with Gasteiger partial charge in [-0.3, -0.25) is 4.79 Å². The third-order valence-corrected chi connectivity index (χ3v) is 3.40. The molecule has 0 saturated heterocycles. The van der Waals surface area contributed by atoms with E-state index in [1.165, 1.54) is 5.56 Å². The molecule has 0 aromatic heterocycles. The monoisotopic (exact) mass is 278 g/mol. The van der Waals surface area contributed by atoms with Gasteiger partial charge in [0.05, 0.1) is 20.1 Å². The van der Waals surface area contributed by atoms with E-state index in [-0.39, 0.29) is 11.9 Å². The molecule has 0 saturated carbocycles. The lowest BCUT2D eigenvalue weighted by Gasteiger charge is -2.16. The second-order valence-corrected chi connectivity index (χ2v) is 5.04. The zero-order chi connectivity index (χ0) is 14.8. The summed E-state index contributed by atoms with van der Waals surface area (Å²) in [5.41, 5.74) is 1.18. The molecule has 3 heteroatoms. The summed E-state index contributed by atoms with van der Waals surface area (Å²) in [6.07, 6.45) is 4.49. The Morgan fingerprint density at radius 1 is 1.15 bits per heavy atom. The van der Waals surface area contributed by atoms with E-state index >= 15 is 0 Å². The van der Waals surface area contributed by atoms with Crippen LogP contribution in [0.1, 0.15) is 57.4 Å². The number of hydrogen-bond donors (Lipinski definition) is 0. The van der Waals surface area contributed by atoms with E-state index in [1.54, 1.807) is 7.11 Å². The number of esters is 1. The Labute approximate surface area is 122 Å². The van der Waals surface area contributed by atoms with E-state index in [4.69, 9.17) is 9.47 Å². The number of methoxy groups -OCH3 is 1. The molecule has 0 aliphatic carbocycles. The fourth-order valence-electron chi connectivity index (χ4n) is 2.20. The predicted molar refractivity (Wildman–Crippen MR) is 81.1 cm³/mol. The van der Waals surface area contributed by atoms with Gasteiger partial charge in [0.15, 0.2) is 0 Å². The Morgan fingerprint density at radius 3 is 2.40 bits per heavy atom. The van der Waals surface area contributed by atoms with Crippen molar-refractivity contribution >= 4 is 5.97 Å². The molecule has 112 valence electrons. The minimum atomic E-state index is -0.0901. The molecular weight excluding hydrogens is 252 g/mol. The number of ether oxygens (including phenoxy) is 2. The zero-order valence-corrected chi connectivity index (χ0v) is 12.9. The SMILES string of the molecule is CCCCOC(=O)CC(CCC)c1ccc(OC)cc1. The smallest absolute Gasteiger partial charge is 0.306 e. The number of hydrogen-bond acceptors (Lipinski definition) is 3. The van der Waals surface area contributed by atoms with E-state index in [0.29, 0.717) is 13.0 Å². The van der Waals surface area contributed by atoms with Gasteiger partial charge in [-0.05, 0) is 36.5 Å². The van der Waals surface area contributed by atoms with E-state index in [9.17, 15) is 4.79 Å². The van der Waals surface area contributed by atoms with Crippen LogP contribution in [-0.4, -0.2) is 19.7 Å². The highest BCUT2D eigenvalue weighted by molar-refractivity contribution is 5.70. The van der Waals surface area contributed by atoms with Crippen LogP contribution in [-0.2, 0) is 9.53 Å². The van der Waals surface area contributed by atoms with Crippen LogP contribution >= 0.6 is 0 Å². The second-order valence-electron chi connectivity index (χ2n) is 5.04. The van der Waals surface area contributed by atoms with Crippen molar-refractivity contribution in [3.05, 3.63) is 29.8 Å². The first-order valence-electron chi connectivity index (χ1n) is 7.50. The maximum absolute atomic E-state index is 11.9. The molecule has 0 bridgehead atoms. The predicted octanol–water partition coefficient (Wildman–Crippen LogP) is 4.31. The Bertz CT molecular complexity index is 384. The number of benzene rings is 1. The van der Waals surface area contributed by atoms with Crippen LogP contribution in [0.15, 0.2) is 24.3 Å². The Balaban J connectivity index is 2.60. The fraction of sp³-hybridized carbons (Fsp3) is 0.588. The van der Waals surface area contributed by atoms with Crippen LogP contribution in [0, 0.1) is 0 Å². The molecular formula is C17H26O3. The molecule has 0 spiro atoms. The summed E-state index contributed by atoms with van der Waals surface area (Å²) in [7, 11) is 1.66. The Hall–Kier alpha value is -1.51. The third-order valence-electron chi connectivity index (χ3n) is 3.40. The minimum absolute atomic E-state index is 0.0901. The fourth-order valence-corrected chi connectivity index (χ4v) is 2.20. The van der Waals surface area contributed by atoms with E-state index in [0.717, 1.165) is 31.4 Å². The second kappa shape index (κ2) is 9.40. The minimum Gasteiger partial charge on any atom is -0.497 e. The van der Waals surface area contributed by atoms with Gasteiger partial charge in [-0.1, -0.05) is 38.8 Å². The molecule has 1 atom stereocenters. The van der Waals surface area contributed by atoms with Crippen molar-refractivity contribution < 1.29 is 14.3 Å². The third kappa shape index (κ3) is 5.64. The molecule has 0 amide bonds. The van der Waals surface area contributed by atoms with Crippen molar-refractivity contribution in [2.75, 3.05) is 13.7 Å². The van der Waals surface area contributed by atoms with Gasteiger partial charge in [0.25, 0.3) is 0 Å². The quantitative estimate of drug-likeness (QED) is 0.498. The van der Waals surface area contributed by atoms with Crippen molar-refractivity contribution in [1.29, 1.82) is 0 Å². The molecule has 0 heterocycles. The van der Waals surface area contributed by atoms with Gasteiger partial charge in [0.2, 0.25) is 0 Å². The average Bonchev–Trinajstić information content (AvgIpc) is 2.47. The summed E-state index contributed by atoms with van der Waals surface area (Å²) >= 11 is 0. The van der Waals surface area contributed by atoms with E-state index in [2.05, 4.69) is 13.8 Å². The van der Waals surface area contributed by atoms with Crippen molar-refractivity contribution in [2.45, 2.75) is 51.9 Å². The first kappa shape index (κ1) is 16.5. The van der Waals surface area contributed by atoms with E-state index in [1.807, 2.05) is 24.3 Å². The maximum Gasteiger partial charge on any atom is 0.306 e. The van der Waals surface area contributed by atoms with Crippen LogP contribution in [0.4, 0.5) is 0 Å². The molecule has 0 aliphatic heterocycles. The summed E-state index contributed by atoms with van der Waals surface area (Å²) in [4.78, 5) is 11.9. The lowest BCUT2D eigenvalue weighted by molar-refractivity contribution is -0.144. The largest absolute Gasteiger partial charge is 0.497 e. The molecule has 3 nitrogen and oxygen atoms in total. The highest BCUT2D eigenvalue weighted by atomic mass is 16.5. The van der Waals surface area contributed by atoms with E-state index < -0.39 is 0 Å². The average molecular weight is 278 g/mol. The number of carbonyl (C=O) groups excluding carboxylic acids is 1. The normalized spacial score (nSPS) is 11.9. The van der Waals surface area contributed by atoms with Gasteiger partial charge in [-0.25, -0.2) is 0 Å². The Kier molecular flexibility index (Phi) is 7.78. The standard InChI is InChI=1S/C17H26O3/c1-4-6-12-20-17(18)13-15(7-5-2)14-8-10-16(19-3)11-9-14/h8-11,15H,4-7,12-13H2,1-3H3. The van der Waals surface area contributed by atoms with Crippen molar-refractivity contribution in [3.63, 3.8) is 0 Å². The molecule has 1 rings (SSSR count). The van der Waals surface area contributed by atoms with Crippen molar-refractivity contribution in [2.24, 2.45) is 0 Å². The lowest BCUT2D eigenvalue weighted by Crippen LogP contribution is -2.11. The van der Waals surface area contributed by atoms with Crippen molar-refractivity contribution in [1.82, 2.24) is 0 Å². The summed E-state index contributed by atoms with van der Waals surface area (Å²) in [6, 6.07) is 7.97. The molecule has 20 heavy (non-hydrogen) atoms. The topological polar surface area (TPSA) is 35.5 Å². The number of unbranched alkanes of at least 4 members (excludes halogenated alkanes) is 1. The molecule has 1 aromatic rings. The Morgan fingerprint density at radius 2 is 1.85 bits per heavy atom. The number of rotatable bonds is 9. The van der Waals surface area contributed by atoms with Gasteiger partial charge in [0.1, 0.15) is 5.75 Å². The molecule has 0 radical (unpaired) electrons. The summed E-state index contributed by atoms with van der Waals surface area (Å²) in [5, 5.41) is 0. The van der Waals surface area contributed by atoms with Crippen LogP contribution < -0.4 is 4.74 Å². The molecule has 0 aliphatic rings.